The number of hydrogen-bond acceptors (Lipinski definition) is 3. The molecule has 1 fully saturated rings. The van der Waals surface area contributed by atoms with E-state index in [1.165, 1.54) is 19.3 Å². The molecule has 0 saturated carbocycles. The van der Waals surface area contributed by atoms with Crippen LogP contribution in [0.15, 0.2) is 42.6 Å². The highest BCUT2D eigenvalue weighted by Gasteiger charge is 2.21. The van der Waals surface area contributed by atoms with Crippen LogP contribution in [0, 0.1) is 0 Å². The van der Waals surface area contributed by atoms with Crippen LogP contribution in [-0.2, 0) is 11.2 Å². The van der Waals surface area contributed by atoms with Crippen LogP contribution in [0.4, 0.5) is 11.5 Å². The van der Waals surface area contributed by atoms with Crippen LogP contribution in [-0.4, -0.2) is 23.5 Å². The van der Waals surface area contributed by atoms with Crippen LogP contribution in [0.3, 0.4) is 0 Å². The van der Waals surface area contributed by atoms with E-state index in [1.807, 2.05) is 24.3 Å². The van der Waals surface area contributed by atoms with Gasteiger partial charge in [-0.3, -0.25) is 4.79 Å². The van der Waals surface area contributed by atoms with E-state index in [9.17, 15) is 4.79 Å². The van der Waals surface area contributed by atoms with E-state index >= 15 is 0 Å². The summed E-state index contributed by atoms with van der Waals surface area (Å²) < 4.78 is 0. The van der Waals surface area contributed by atoms with Crippen LogP contribution >= 0.6 is 11.6 Å². The maximum atomic E-state index is 12.2. The summed E-state index contributed by atoms with van der Waals surface area (Å²) in [5.41, 5.74) is 1.67. The van der Waals surface area contributed by atoms with Crippen molar-refractivity contribution in [3.05, 3.63) is 53.2 Å². The summed E-state index contributed by atoms with van der Waals surface area (Å²) in [7, 11) is 0. The number of carbonyl (C=O) groups excluding carboxylic acids is 1. The number of nitrogens with one attached hydrogen (secondary N) is 1. The lowest BCUT2D eigenvalue weighted by Crippen LogP contribution is -2.39. The SMILES string of the molecule is CCC1CCCCN1c1ccc(NC(=O)Cc2ccc(Cl)cc2)cn1. The van der Waals surface area contributed by atoms with Crippen molar-refractivity contribution in [2.24, 2.45) is 0 Å². The molecule has 1 atom stereocenters. The predicted molar refractivity (Wildman–Crippen MR) is 103 cm³/mol. The summed E-state index contributed by atoms with van der Waals surface area (Å²) >= 11 is 5.86. The van der Waals surface area contributed by atoms with E-state index in [0.29, 0.717) is 17.5 Å². The smallest absolute Gasteiger partial charge is 0.228 e. The fourth-order valence-corrected chi connectivity index (χ4v) is 3.48. The molecule has 2 heterocycles. The van der Waals surface area contributed by atoms with Gasteiger partial charge in [-0.1, -0.05) is 30.7 Å². The lowest BCUT2D eigenvalue weighted by molar-refractivity contribution is -0.115. The van der Waals surface area contributed by atoms with Crippen molar-refractivity contribution >= 4 is 29.0 Å². The summed E-state index contributed by atoms with van der Waals surface area (Å²) in [5, 5.41) is 3.58. The van der Waals surface area contributed by atoms with Crippen molar-refractivity contribution in [2.45, 2.75) is 45.1 Å². The van der Waals surface area contributed by atoms with E-state index < -0.39 is 0 Å². The normalized spacial score (nSPS) is 17.4. The number of piperidine rings is 1. The Morgan fingerprint density at radius 3 is 2.72 bits per heavy atom. The molecule has 4 nitrogen and oxygen atoms in total. The fourth-order valence-electron chi connectivity index (χ4n) is 3.35. The first-order valence-electron chi connectivity index (χ1n) is 8.92. The number of nitrogens with zero attached hydrogens (tertiary/aromatic N) is 2. The zero-order chi connectivity index (χ0) is 17.6. The first-order chi connectivity index (χ1) is 12.2. The largest absolute Gasteiger partial charge is 0.354 e. The number of hydrogen-bond donors (Lipinski definition) is 1. The topological polar surface area (TPSA) is 45.2 Å². The van der Waals surface area contributed by atoms with Gasteiger partial charge in [-0.15, -0.1) is 0 Å². The van der Waals surface area contributed by atoms with Crippen LogP contribution in [0.1, 0.15) is 38.2 Å². The number of anilines is 2. The second kappa shape index (κ2) is 8.34. The van der Waals surface area contributed by atoms with Crippen LogP contribution in [0.5, 0.6) is 0 Å². The van der Waals surface area contributed by atoms with Gasteiger partial charge in [0.15, 0.2) is 0 Å². The summed E-state index contributed by atoms with van der Waals surface area (Å²) in [6.07, 6.45) is 6.96. The molecule has 5 heteroatoms. The zero-order valence-corrected chi connectivity index (χ0v) is 15.3. The molecule has 0 bridgehead atoms. The quantitative estimate of drug-likeness (QED) is 0.844. The first-order valence-corrected chi connectivity index (χ1v) is 9.30. The number of halogens is 1. The molecule has 132 valence electrons. The summed E-state index contributed by atoms with van der Waals surface area (Å²) in [4.78, 5) is 19.1. The molecule has 1 aromatic carbocycles. The molecular weight excluding hydrogens is 334 g/mol. The molecule has 1 saturated heterocycles. The van der Waals surface area contributed by atoms with Crippen LogP contribution in [0.2, 0.25) is 5.02 Å². The summed E-state index contributed by atoms with van der Waals surface area (Å²) in [5.74, 6) is 0.948. The molecule has 1 amide bonds. The molecule has 1 N–H and O–H groups in total. The average molecular weight is 358 g/mol. The van der Waals surface area contributed by atoms with Crippen molar-refractivity contribution in [1.82, 2.24) is 4.98 Å². The zero-order valence-electron chi connectivity index (χ0n) is 14.5. The number of pyridine rings is 1. The van der Waals surface area contributed by atoms with Crippen molar-refractivity contribution in [3.8, 4) is 0 Å². The molecular formula is C20H24ClN3O. The van der Waals surface area contributed by atoms with Gasteiger partial charge in [0.2, 0.25) is 5.91 Å². The van der Waals surface area contributed by atoms with E-state index in [4.69, 9.17) is 11.6 Å². The monoisotopic (exact) mass is 357 g/mol. The highest BCUT2D eigenvalue weighted by molar-refractivity contribution is 6.30. The minimum atomic E-state index is -0.0544. The van der Waals surface area contributed by atoms with Gasteiger partial charge in [-0.2, -0.15) is 0 Å². The van der Waals surface area contributed by atoms with E-state index in [1.54, 1.807) is 18.3 Å². The molecule has 3 rings (SSSR count). The number of carbonyl (C=O) groups is 1. The molecule has 2 aromatic rings. The highest BCUT2D eigenvalue weighted by atomic mass is 35.5. The maximum absolute atomic E-state index is 12.2. The van der Waals surface area contributed by atoms with Crippen molar-refractivity contribution < 1.29 is 4.79 Å². The Morgan fingerprint density at radius 1 is 1.24 bits per heavy atom. The predicted octanol–water partition coefficient (Wildman–Crippen LogP) is 4.69. The Bertz CT molecular complexity index is 700. The Labute approximate surface area is 154 Å². The number of rotatable bonds is 5. The molecule has 1 aliphatic heterocycles. The summed E-state index contributed by atoms with van der Waals surface area (Å²) in [6.45, 7) is 3.29. The molecule has 1 aliphatic rings. The highest BCUT2D eigenvalue weighted by Crippen LogP contribution is 2.25. The third-order valence-corrected chi connectivity index (χ3v) is 4.95. The van der Waals surface area contributed by atoms with Crippen molar-refractivity contribution in [3.63, 3.8) is 0 Å². The second-order valence-electron chi connectivity index (χ2n) is 6.51. The fraction of sp³-hybridized carbons (Fsp3) is 0.400. The lowest BCUT2D eigenvalue weighted by Gasteiger charge is -2.36. The maximum Gasteiger partial charge on any atom is 0.228 e. The van der Waals surface area contributed by atoms with E-state index in [2.05, 4.69) is 22.1 Å². The van der Waals surface area contributed by atoms with Crippen LogP contribution in [0.25, 0.3) is 0 Å². The third-order valence-electron chi connectivity index (χ3n) is 4.70. The molecule has 0 spiro atoms. The average Bonchev–Trinajstić information content (AvgIpc) is 2.64. The van der Waals surface area contributed by atoms with Crippen molar-refractivity contribution in [2.75, 3.05) is 16.8 Å². The number of benzene rings is 1. The van der Waals surface area contributed by atoms with Gasteiger partial charge >= 0.3 is 0 Å². The number of aromatic nitrogens is 1. The van der Waals surface area contributed by atoms with Crippen molar-refractivity contribution in [1.29, 1.82) is 0 Å². The van der Waals surface area contributed by atoms with Crippen LogP contribution < -0.4 is 10.2 Å². The molecule has 1 aromatic heterocycles. The minimum Gasteiger partial charge on any atom is -0.354 e. The van der Waals surface area contributed by atoms with Gasteiger partial charge in [0.25, 0.3) is 0 Å². The molecule has 1 unspecified atom stereocenters. The first kappa shape index (κ1) is 17.7. The molecule has 0 aliphatic carbocycles. The van der Waals surface area contributed by atoms with Gasteiger partial charge in [0, 0.05) is 17.6 Å². The van der Waals surface area contributed by atoms with Gasteiger partial charge < -0.3 is 10.2 Å². The number of amides is 1. The van der Waals surface area contributed by atoms with Gasteiger partial charge in [-0.05, 0) is 55.5 Å². The molecule has 25 heavy (non-hydrogen) atoms. The Kier molecular flexibility index (Phi) is 5.92. The van der Waals surface area contributed by atoms with E-state index in [-0.39, 0.29) is 5.91 Å². The van der Waals surface area contributed by atoms with E-state index in [0.717, 1.165) is 30.0 Å². The van der Waals surface area contributed by atoms with Gasteiger partial charge in [0.1, 0.15) is 5.82 Å². The Morgan fingerprint density at radius 2 is 2.04 bits per heavy atom. The Hall–Kier alpha value is -2.07. The minimum absolute atomic E-state index is 0.0544. The standard InChI is InChI=1S/C20H24ClN3O/c1-2-18-5-3-4-12-24(18)19-11-10-17(14-22-19)23-20(25)13-15-6-8-16(21)9-7-15/h6-11,14,18H,2-5,12-13H2,1H3,(H,23,25). The Balaban J connectivity index is 1.60. The molecule has 0 radical (unpaired) electrons. The van der Waals surface area contributed by atoms with Gasteiger partial charge in [0.05, 0.1) is 18.3 Å². The second-order valence-corrected chi connectivity index (χ2v) is 6.94. The summed E-state index contributed by atoms with van der Waals surface area (Å²) in [6, 6.07) is 11.8. The van der Waals surface area contributed by atoms with Gasteiger partial charge in [-0.25, -0.2) is 4.98 Å². The lowest BCUT2D eigenvalue weighted by atomic mass is 10.00. The third kappa shape index (κ3) is 4.73.